The predicted octanol–water partition coefficient (Wildman–Crippen LogP) is 2.42. The molecule has 1 atom stereocenters. The van der Waals surface area contributed by atoms with Crippen molar-refractivity contribution >= 4 is 29.4 Å². The molecule has 2 N–H and O–H groups in total. The van der Waals surface area contributed by atoms with E-state index in [1.54, 1.807) is 18.2 Å². The SMILES string of the molecule is O=C(Nc1n[nH]c2c1CN(C(=O)N1CCN3CCCC3C1)C21CC1)c1cccc(Cl)n1. The van der Waals surface area contributed by atoms with Gasteiger partial charge in [-0.2, -0.15) is 5.10 Å². The number of carbonyl (C=O) groups is 2. The van der Waals surface area contributed by atoms with Gasteiger partial charge in [0.15, 0.2) is 5.82 Å². The van der Waals surface area contributed by atoms with Gasteiger partial charge in [0, 0.05) is 31.2 Å². The van der Waals surface area contributed by atoms with Gasteiger partial charge >= 0.3 is 6.03 Å². The molecule has 0 bridgehead atoms. The quantitative estimate of drug-likeness (QED) is 0.697. The molecule has 3 aliphatic heterocycles. The topological polar surface area (TPSA) is 97.5 Å². The number of carbonyl (C=O) groups excluding carboxylic acids is 2. The summed E-state index contributed by atoms with van der Waals surface area (Å²) in [5, 5.41) is 10.5. The van der Waals surface area contributed by atoms with Crippen molar-refractivity contribution in [3.05, 3.63) is 40.3 Å². The molecule has 1 aliphatic carbocycles. The number of anilines is 1. The van der Waals surface area contributed by atoms with E-state index in [4.69, 9.17) is 11.6 Å². The fraction of sp³-hybridized carbons (Fsp3) is 0.524. The number of aromatic nitrogens is 3. The van der Waals surface area contributed by atoms with Crippen LogP contribution >= 0.6 is 11.6 Å². The van der Waals surface area contributed by atoms with Gasteiger partial charge in [0.25, 0.3) is 5.91 Å². The molecule has 1 spiro atoms. The molecule has 4 aliphatic rings. The third-order valence-electron chi connectivity index (χ3n) is 7.16. The molecule has 2 aromatic rings. The molecule has 3 amide bonds. The summed E-state index contributed by atoms with van der Waals surface area (Å²) < 4.78 is 0. The summed E-state index contributed by atoms with van der Waals surface area (Å²) in [6, 6.07) is 5.51. The average molecular weight is 442 g/mol. The number of piperazine rings is 1. The summed E-state index contributed by atoms with van der Waals surface area (Å²) in [6.07, 6.45) is 4.23. The van der Waals surface area contributed by atoms with E-state index >= 15 is 0 Å². The van der Waals surface area contributed by atoms with Crippen LogP contribution in [0.5, 0.6) is 0 Å². The maximum Gasteiger partial charge on any atom is 0.321 e. The fourth-order valence-electron chi connectivity index (χ4n) is 5.38. The van der Waals surface area contributed by atoms with Crippen LogP contribution < -0.4 is 5.32 Å². The van der Waals surface area contributed by atoms with Gasteiger partial charge in [0.05, 0.1) is 17.8 Å². The van der Waals surface area contributed by atoms with Crippen LogP contribution in [0, 0.1) is 0 Å². The first kappa shape index (κ1) is 19.1. The zero-order valence-electron chi connectivity index (χ0n) is 17.1. The fourth-order valence-corrected chi connectivity index (χ4v) is 5.55. The lowest BCUT2D eigenvalue weighted by Gasteiger charge is -2.40. The van der Waals surface area contributed by atoms with E-state index in [1.807, 2.05) is 9.80 Å². The summed E-state index contributed by atoms with van der Waals surface area (Å²) >= 11 is 5.91. The highest BCUT2D eigenvalue weighted by molar-refractivity contribution is 6.29. The number of urea groups is 1. The number of rotatable bonds is 2. The van der Waals surface area contributed by atoms with Crippen LogP contribution in [0.2, 0.25) is 5.15 Å². The van der Waals surface area contributed by atoms with Crippen LogP contribution in [0.25, 0.3) is 0 Å². The van der Waals surface area contributed by atoms with E-state index in [2.05, 4.69) is 25.4 Å². The monoisotopic (exact) mass is 441 g/mol. The largest absolute Gasteiger partial charge is 0.322 e. The number of nitrogens with zero attached hydrogens (tertiary/aromatic N) is 5. The van der Waals surface area contributed by atoms with Crippen molar-refractivity contribution in [3.63, 3.8) is 0 Å². The molecule has 1 saturated carbocycles. The summed E-state index contributed by atoms with van der Waals surface area (Å²) in [5.41, 5.74) is 1.77. The highest BCUT2D eigenvalue weighted by Gasteiger charge is 2.59. The Morgan fingerprint density at radius 2 is 2.10 bits per heavy atom. The first-order valence-corrected chi connectivity index (χ1v) is 11.3. The summed E-state index contributed by atoms with van der Waals surface area (Å²) in [5.74, 6) is 0.0905. The van der Waals surface area contributed by atoms with Crippen molar-refractivity contribution in [2.24, 2.45) is 0 Å². The molecule has 1 unspecified atom stereocenters. The van der Waals surface area contributed by atoms with Crippen LogP contribution in [0.4, 0.5) is 10.6 Å². The molecule has 0 radical (unpaired) electrons. The van der Waals surface area contributed by atoms with Crippen molar-refractivity contribution in [3.8, 4) is 0 Å². The molecule has 0 aromatic carbocycles. The number of halogens is 1. The van der Waals surface area contributed by atoms with Crippen LogP contribution in [-0.4, -0.2) is 74.0 Å². The maximum atomic E-state index is 13.5. The van der Waals surface area contributed by atoms with Gasteiger partial charge in [0.2, 0.25) is 0 Å². The molecule has 2 saturated heterocycles. The Morgan fingerprint density at radius 3 is 2.90 bits per heavy atom. The second-order valence-electron chi connectivity index (χ2n) is 8.90. The van der Waals surface area contributed by atoms with E-state index in [-0.39, 0.29) is 28.3 Å². The zero-order chi connectivity index (χ0) is 21.2. The zero-order valence-corrected chi connectivity index (χ0v) is 17.9. The highest BCUT2D eigenvalue weighted by Crippen LogP contribution is 2.57. The third-order valence-corrected chi connectivity index (χ3v) is 7.37. The lowest BCUT2D eigenvalue weighted by Crippen LogP contribution is -2.56. The second-order valence-corrected chi connectivity index (χ2v) is 9.29. The molecule has 5 heterocycles. The molecular formula is C21H24ClN7O2. The van der Waals surface area contributed by atoms with Gasteiger partial charge < -0.3 is 15.1 Å². The minimum Gasteiger partial charge on any atom is -0.322 e. The lowest BCUT2D eigenvalue weighted by atomic mass is 10.1. The Hall–Kier alpha value is -2.65. The number of amides is 3. The van der Waals surface area contributed by atoms with Crippen molar-refractivity contribution in [2.45, 2.75) is 43.8 Å². The smallest absolute Gasteiger partial charge is 0.321 e. The average Bonchev–Trinajstić information content (AvgIpc) is 3.12. The number of hydrogen-bond acceptors (Lipinski definition) is 5. The summed E-state index contributed by atoms with van der Waals surface area (Å²) in [6.45, 7) is 4.15. The Balaban J connectivity index is 1.21. The van der Waals surface area contributed by atoms with E-state index in [9.17, 15) is 9.59 Å². The third kappa shape index (κ3) is 3.02. The summed E-state index contributed by atoms with van der Waals surface area (Å²) in [4.78, 5) is 36.7. The first-order valence-electron chi connectivity index (χ1n) is 10.9. The number of aromatic amines is 1. The van der Waals surface area contributed by atoms with E-state index < -0.39 is 0 Å². The van der Waals surface area contributed by atoms with Crippen LogP contribution in [0.1, 0.15) is 47.4 Å². The normalized spacial score (nSPS) is 23.7. The molecule has 6 rings (SSSR count). The van der Waals surface area contributed by atoms with Gasteiger partial charge in [-0.15, -0.1) is 0 Å². The summed E-state index contributed by atoms with van der Waals surface area (Å²) in [7, 11) is 0. The van der Waals surface area contributed by atoms with Crippen LogP contribution in [0.3, 0.4) is 0 Å². The molecular weight excluding hydrogens is 418 g/mol. The Labute approximate surface area is 184 Å². The molecule has 10 heteroatoms. The van der Waals surface area contributed by atoms with Gasteiger partial charge in [-0.05, 0) is 44.4 Å². The maximum absolute atomic E-state index is 13.5. The first-order chi connectivity index (χ1) is 15.0. The Kier molecular flexibility index (Phi) is 4.26. The van der Waals surface area contributed by atoms with E-state index in [0.29, 0.717) is 18.4 Å². The number of H-pyrrole nitrogens is 1. The van der Waals surface area contributed by atoms with Gasteiger partial charge in [-0.1, -0.05) is 17.7 Å². The van der Waals surface area contributed by atoms with Crippen molar-refractivity contribution in [2.75, 3.05) is 31.5 Å². The molecule has 2 aromatic heterocycles. The van der Waals surface area contributed by atoms with Gasteiger partial charge in [-0.25, -0.2) is 9.78 Å². The Bertz CT molecular complexity index is 1070. The van der Waals surface area contributed by atoms with Crippen LogP contribution in [0.15, 0.2) is 18.2 Å². The number of pyridine rings is 1. The molecule has 3 fully saturated rings. The minimum atomic E-state index is -0.372. The van der Waals surface area contributed by atoms with E-state index in [0.717, 1.165) is 50.3 Å². The highest BCUT2D eigenvalue weighted by atomic mass is 35.5. The molecule has 9 nitrogen and oxygen atoms in total. The number of hydrogen-bond donors (Lipinski definition) is 2. The van der Waals surface area contributed by atoms with Crippen molar-refractivity contribution in [1.29, 1.82) is 0 Å². The number of fused-ring (bicyclic) bond motifs is 3. The van der Waals surface area contributed by atoms with Gasteiger partial charge in [-0.3, -0.25) is 14.8 Å². The number of nitrogens with one attached hydrogen (secondary N) is 2. The van der Waals surface area contributed by atoms with E-state index in [1.165, 1.54) is 12.8 Å². The lowest BCUT2D eigenvalue weighted by molar-refractivity contribution is 0.0834. The second kappa shape index (κ2) is 6.93. The standard InChI is InChI=1S/C21H24ClN7O2/c22-16-5-1-4-15(23-16)19(30)24-18-14-12-29(21(6-7-21)17(14)25-26-18)20(31)28-10-9-27-8-2-3-13(27)11-28/h1,4-5,13H,2-3,6-12H2,(H2,24,25,26,30). The van der Waals surface area contributed by atoms with Crippen molar-refractivity contribution < 1.29 is 9.59 Å². The predicted molar refractivity (Wildman–Crippen MR) is 114 cm³/mol. The van der Waals surface area contributed by atoms with Gasteiger partial charge in [0.1, 0.15) is 10.8 Å². The molecule has 162 valence electrons. The minimum absolute atomic E-state index is 0.0995. The Morgan fingerprint density at radius 1 is 1.23 bits per heavy atom. The van der Waals surface area contributed by atoms with Crippen molar-refractivity contribution in [1.82, 2.24) is 29.9 Å². The molecule has 31 heavy (non-hydrogen) atoms. The van der Waals surface area contributed by atoms with Crippen LogP contribution in [-0.2, 0) is 12.1 Å².